The number of likely N-dealkylation sites (N-methyl/N-ethyl adjacent to an activating group) is 1. The van der Waals surface area contributed by atoms with E-state index in [9.17, 15) is 23.9 Å². The Hall–Kier alpha value is -4.06. The SMILES string of the molecule is CCCC(CCC)N(C(=O)CN1C[C@H](c2cc(OC)c3c(c2)OCO3)[C@@H](C(=O)O)[C@@H]1CCN1CCN(C)C1=O)c1ccc(F)c(C)c1. The number of rotatable bonds is 14. The van der Waals surface area contributed by atoms with Gasteiger partial charge in [-0.3, -0.25) is 14.5 Å². The molecule has 3 amide bonds. The van der Waals surface area contributed by atoms with Gasteiger partial charge in [0, 0.05) is 56.9 Å². The zero-order valence-corrected chi connectivity index (χ0v) is 28.0. The number of amides is 3. The quantitative estimate of drug-likeness (QED) is 0.300. The van der Waals surface area contributed by atoms with Crippen molar-refractivity contribution in [1.82, 2.24) is 14.7 Å². The monoisotopic (exact) mass is 654 g/mol. The number of carboxylic acid groups (broad SMARTS) is 1. The van der Waals surface area contributed by atoms with E-state index in [0.29, 0.717) is 61.1 Å². The molecule has 2 fully saturated rings. The van der Waals surface area contributed by atoms with Crippen LogP contribution in [0.4, 0.5) is 14.9 Å². The van der Waals surface area contributed by atoms with E-state index in [-0.39, 0.29) is 37.1 Å². The minimum absolute atomic E-state index is 0.0269. The number of halogens is 1. The standard InChI is InChI=1S/C35H47FN4O7/c1-6-8-24(9-7-2)40(25-10-11-27(36)22(3)16-25)31(41)20-39-19-26(23-17-29(45-5)33-30(18-23)46-21-47-33)32(34(42)43)28(39)12-13-38-15-14-37(4)35(38)44/h10-11,16-18,24,26,28,32H,6-9,12-15,19-21H2,1-5H3,(H,42,43)/t26-,28+,32-/m1/s1. The van der Waals surface area contributed by atoms with E-state index in [0.717, 1.165) is 31.2 Å². The molecule has 11 nitrogen and oxygen atoms in total. The summed E-state index contributed by atoms with van der Waals surface area (Å²) >= 11 is 0. The average Bonchev–Trinajstić information content (AvgIpc) is 3.75. The summed E-state index contributed by atoms with van der Waals surface area (Å²) in [5, 5.41) is 10.7. The first-order valence-corrected chi connectivity index (χ1v) is 16.6. The molecule has 0 unspecified atom stereocenters. The number of hydrogen-bond acceptors (Lipinski definition) is 7. The molecule has 0 aromatic heterocycles. The molecule has 0 radical (unpaired) electrons. The van der Waals surface area contributed by atoms with Crippen molar-refractivity contribution in [1.29, 1.82) is 0 Å². The van der Waals surface area contributed by atoms with Crippen LogP contribution in [-0.4, -0.2) is 103 Å². The van der Waals surface area contributed by atoms with Crippen LogP contribution in [0.2, 0.25) is 0 Å². The van der Waals surface area contributed by atoms with Crippen molar-refractivity contribution in [2.75, 3.05) is 58.6 Å². The number of aliphatic carboxylic acids is 1. The van der Waals surface area contributed by atoms with Crippen LogP contribution in [0.5, 0.6) is 17.2 Å². The number of ether oxygens (including phenoxy) is 3. The van der Waals surface area contributed by atoms with Crippen LogP contribution in [0.15, 0.2) is 30.3 Å². The highest BCUT2D eigenvalue weighted by Crippen LogP contribution is 2.47. The summed E-state index contributed by atoms with van der Waals surface area (Å²) < 4.78 is 31.2. The summed E-state index contributed by atoms with van der Waals surface area (Å²) in [7, 11) is 3.28. The van der Waals surface area contributed by atoms with Gasteiger partial charge in [-0.2, -0.15) is 0 Å². The van der Waals surface area contributed by atoms with E-state index in [1.54, 1.807) is 52.9 Å². The molecule has 2 aromatic rings. The maximum absolute atomic E-state index is 14.5. The second-order valence-corrected chi connectivity index (χ2v) is 12.8. The van der Waals surface area contributed by atoms with Crippen molar-refractivity contribution in [2.24, 2.45) is 5.92 Å². The van der Waals surface area contributed by atoms with Gasteiger partial charge in [0.1, 0.15) is 5.82 Å². The summed E-state index contributed by atoms with van der Waals surface area (Å²) in [6.07, 6.45) is 3.68. The molecule has 0 bridgehead atoms. The molecule has 256 valence electrons. The Morgan fingerprint density at radius 2 is 1.87 bits per heavy atom. The molecule has 3 heterocycles. The average molecular weight is 655 g/mol. The number of carbonyl (C=O) groups excluding carboxylic acids is 2. The van der Waals surface area contributed by atoms with Crippen LogP contribution in [0.1, 0.15) is 63.0 Å². The first-order chi connectivity index (χ1) is 22.6. The highest BCUT2D eigenvalue weighted by molar-refractivity contribution is 5.95. The highest BCUT2D eigenvalue weighted by Gasteiger charge is 2.48. The molecule has 3 aliphatic rings. The van der Waals surface area contributed by atoms with Gasteiger partial charge in [-0.25, -0.2) is 9.18 Å². The third-order valence-electron chi connectivity index (χ3n) is 9.78. The molecule has 2 saturated heterocycles. The van der Waals surface area contributed by atoms with Crippen molar-refractivity contribution < 1.29 is 38.1 Å². The number of benzene rings is 2. The topological polar surface area (TPSA) is 112 Å². The lowest BCUT2D eigenvalue weighted by Crippen LogP contribution is -2.48. The molecule has 47 heavy (non-hydrogen) atoms. The number of hydrogen-bond donors (Lipinski definition) is 1. The van der Waals surface area contributed by atoms with Crippen LogP contribution in [0.25, 0.3) is 0 Å². The minimum atomic E-state index is -0.975. The second-order valence-electron chi connectivity index (χ2n) is 12.8. The van der Waals surface area contributed by atoms with Crippen molar-refractivity contribution in [3.63, 3.8) is 0 Å². The van der Waals surface area contributed by atoms with Gasteiger partial charge in [-0.1, -0.05) is 26.7 Å². The van der Waals surface area contributed by atoms with Gasteiger partial charge in [-0.05, 0) is 67.6 Å². The number of methoxy groups -OCH3 is 1. The number of likely N-dealkylation sites (tertiary alicyclic amines) is 1. The summed E-state index contributed by atoms with van der Waals surface area (Å²) in [5.41, 5.74) is 1.81. The van der Waals surface area contributed by atoms with Gasteiger partial charge in [0.2, 0.25) is 18.4 Å². The first kappa shape index (κ1) is 34.3. The van der Waals surface area contributed by atoms with Crippen molar-refractivity contribution in [2.45, 2.75) is 70.9 Å². The molecule has 0 spiro atoms. The number of fused-ring (bicyclic) bond motifs is 1. The Morgan fingerprint density at radius 1 is 1.13 bits per heavy atom. The van der Waals surface area contributed by atoms with E-state index in [1.807, 2.05) is 4.90 Å². The van der Waals surface area contributed by atoms with Crippen LogP contribution >= 0.6 is 0 Å². The van der Waals surface area contributed by atoms with Crippen LogP contribution in [-0.2, 0) is 9.59 Å². The molecule has 0 saturated carbocycles. The summed E-state index contributed by atoms with van der Waals surface area (Å²) in [4.78, 5) is 47.5. The Labute approximate surface area is 276 Å². The van der Waals surface area contributed by atoms with Crippen molar-refractivity contribution in [3.8, 4) is 17.2 Å². The fourth-order valence-electron chi connectivity index (χ4n) is 7.41. The smallest absolute Gasteiger partial charge is 0.319 e. The van der Waals surface area contributed by atoms with E-state index < -0.39 is 23.8 Å². The summed E-state index contributed by atoms with van der Waals surface area (Å²) in [6, 6.07) is 7.64. The predicted molar refractivity (Wildman–Crippen MR) is 175 cm³/mol. The normalized spacial score (nSPS) is 20.8. The van der Waals surface area contributed by atoms with Crippen LogP contribution < -0.4 is 19.1 Å². The fourth-order valence-corrected chi connectivity index (χ4v) is 7.41. The molecular formula is C35H47FN4O7. The zero-order chi connectivity index (χ0) is 33.8. The Morgan fingerprint density at radius 3 is 2.49 bits per heavy atom. The predicted octanol–water partition coefficient (Wildman–Crippen LogP) is 5.10. The van der Waals surface area contributed by atoms with E-state index in [1.165, 1.54) is 13.2 Å². The van der Waals surface area contributed by atoms with E-state index >= 15 is 0 Å². The first-order valence-electron chi connectivity index (χ1n) is 16.6. The van der Waals surface area contributed by atoms with Crippen molar-refractivity contribution >= 4 is 23.6 Å². The number of nitrogens with zero attached hydrogens (tertiary/aromatic N) is 4. The molecule has 3 atom stereocenters. The molecule has 1 N–H and O–H groups in total. The number of aryl methyl sites for hydroxylation is 1. The number of urea groups is 1. The molecular weight excluding hydrogens is 607 g/mol. The number of anilines is 1. The highest BCUT2D eigenvalue weighted by atomic mass is 19.1. The van der Waals surface area contributed by atoms with Gasteiger partial charge in [0.05, 0.1) is 19.6 Å². The number of carbonyl (C=O) groups is 3. The van der Waals surface area contributed by atoms with Crippen molar-refractivity contribution in [3.05, 3.63) is 47.3 Å². The van der Waals surface area contributed by atoms with Gasteiger partial charge < -0.3 is 34.0 Å². The maximum atomic E-state index is 14.5. The van der Waals surface area contributed by atoms with Gasteiger partial charge in [-0.15, -0.1) is 0 Å². The number of carboxylic acids is 1. The molecule has 5 rings (SSSR count). The third kappa shape index (κ3) is 7.12. The van der Waals surface area contributed by atoms with E-state index in [4.69, 9.17) is 14.2 Å². The Balaban J connectivity index is 1.51. The van der Waals surface area contributed by atoms with Gasteiger partial charge >= 0.3 is 12.0 Å². The van der Waals surface area contributed by atoms with Gasteiger partial charge in [0.25, 0.3) is 0 Å². The molecule has 2 aromatic carbocycles. The summed E-state index contributed by atoms with van der Waals surface area (Å²) in [6.45, 7) is 7.70. The van der Waals surface area contributed by atoms with Crippen LogP contribution in [0, 0.1) is 18.7 Å². The Bertz CT molecular complexity index is 1470. The minimum Gasteiger partial charge on any atom is -0.493 e. The van der Waals surface area contributed by atoms with Gasteiger partial charge in [0.15, 0.2) is 11.5 Å². The molecule has 3 aliphatic heterocycles. The van der Waals surface area contributed by atoms with Crippen LogP contribution in [0.3, 0.4) is 0 Å². The largest absolute Gasteiger partial charge is 0.493 e. The fraction of sp³-hybridized carbons (Fsp3) is 0.571. The second kappa shape index (κ2) is 14.8. The maximum Gasteiger partial charge on any atom is 0.319 e. The third-order valence-corrected chi connectivity index (χ3v) is 9.78. The summed E-state index contributed by atoms with van der Waals surface area (Å²) in [5.74, 6) is -1.42. The van der Waals surface area contributed by atoms with E-state index in [2.05, 4.69) is 13.8 Å². The molecule has 0 aliphatic carbocycles. The lowest BCUT2D eigenvalue weighted by molar-refractivity contribution is -0.143. The zero-order valence-electron chi connectivity index (χ0n) is 28.0. The lowest BCUT2D eigenvalue weighted by atomic mass is 9.84. The Kier molecular flexibility index (Phi) is 10.8. The molecule has 12 heteroatoms. The lowest BCUT2D eigenvalue weighted by Gasteiger charge is -2.35.